The van der Waals surface area contributed by atoms with Crippen molar-refractivity contribution in [2.75, 3.05) is 6.54 Å². The van der Waals surface area contributed by atoms with E-state index in [1.54, 1.807) is 15.6 Å². The van der Waals surface area contributed by atoms with Crippen molar-refractivity contribution in [1.29, 1.82) is 0 Å². The Morgan fingerprint density at radius 1 is 1.16 bits per heavy atom. The number of piperidine rings is 1. The van der Waals surface area contributed by atoms with Crippen LogP contribution in [0.25, 0.3) is 0 Å². The molecule has 0 bridgehead atoms. The van der Waals surface area contributed by atoms with Gasteiger partial charge in [-0.1, -0.05) is 5.16 Å². The summed E-state index contributed by atoms with van der Waals surface area (Å²) < 4.78 is 3.50. The SMILES string of the molecule is Cn1cc(C2=NOC(C(=O)N3CCCCC3c3cnn(C)c3)C2)cn1. The number of nitrogens with zero attached hydrogens (tertiary/aromatic N) is 6. The lowest BCUT2D eigenvalue weighted by Crippen LogP contribution is -2.44. The molecule has 1 fully saturated rings. The maximum absolute atomic E-state index is 13.1. The Bertz CT molecular complexity index is 808. The molecule has 8 heteroatoms. The molecule has 0 saturated carbocycles. The largest absolute Gasteiger partial charge is 0.382 e. The Kier molecular flexibility index (Phi) is 4.03. The van der Waals surface area contributed by atoms with Crippen LogP contribution in [0.1, 0.15) is 42.9 Å². The van der Waals surface area contributed by atoms with Gasteiger partial charge in [-0.2, -0.15) is 10.2 Å². The molecular formula is C17H22N6O2. The molecule has 2 aliphatic heterocycles. The van der Waals surface area contributed by atoms with Crippen molar-refractivity contribution in [1.82, 2.24) is 24.5 Å². The molecule has 2 aromatic heterocycles. The summed E-state index contributed by atoms with van der Waals surface area (Å²) in [5, 5.41) is 12.5. The normalized spacial score (nSPS) is 23.4. The zero-order valence-corrected chi connectivity index (χ0v) is 14.5. The van der Waals surface area contributed by atoms with Crippen molar-refractivity contribution >= 4 is 11.6 Å². The highest BCUT2D eigenvalue weighted by atomic mass is 16.6. The second-order valence-corrected chi connectivity index (χ2v) is 6.73. The van der Waals surface area contributed by atoms with Crippen molar-refractivity contribution in [2.45, 2.75) is 37.8 Å². The predicted molar refractivity (Wildman–Crippen MR) is 90.7 cm³/mol. The van der Waals surface area contributed by atoms with Crippen LogP contribution in [0, 0.1) is 0 Å². The van der Waals surface area contributed by atoms with Gasteiger partial charge in [0.15, 0.2) is 0 Å². The first-order chi connectivity index (χ1) is 12.1. The molecular weight excluding hydrogens is 320 g/mol. The topological polar surface area (TPSA) is 77.5 Å². The maximum Gasteiger partial charge on any atom is 0.267 e. The summed E-state index contributed by atoms with van der Waals surface area (Å²) >= 11 is 0. The average Bonchev–Trinajstić information content (AvgIpc) is 3.34. The molecule has 0 spiro atoms. The summed E-state index contributed by atoms with van der Waals surface area (Å²) in [7, 11) is 3.75. The van der Waals surface area contributed by atoms with Gasteiger partial charge in [0.05, 0.1) is 24.1 Å². The first-order valence-electron chi connectivity index (χ1n) is 8.62. The lowest BCUT2D eigenvalue weighted by Gasteiger charge is -2.36. The molecule has 1 saturated heterocycles. The van der Waals surface area contributed by atoms with Gasteiger partial charge >= 0.3 is 0 Å². The monoisotopic (exact) mass is 342 g/mol. The third-order valence-corrected chi connectivity index (χ3v) is 4.88. The number of hydrogen-bond donors (Lipinski definition) is 0. The van der Waals surface area contributed by atoms with Crippen LogP contribution in [0.3, 0.4) is 0 Å². The smallest absolute Gasteiger partial charge is 0.267 e. The van der Waals surface area contributed by atoms with E-state index in [9.17, 15) is 4.79 Å². The number of carbonyl (C=O) groups is 1. The van der Waals surface area contributed by atoms with E-state index >= 15 is 0 Å². The van der Waals surface area contributed by atoms with E-state index in [2.05, 4.69) is 15.4 Å². The maximum atomic E-state index is 13.1. The zero-order valence-electron chi connectivity index (χ0n) is 14.5. The van der Waals surface area contributed by atoms with Gasteiger partial charge in [0.2, 0.25) is 6.10 Å². The van der Waals surface area contributed by atoms with Crippen LogP contribution in [0.15, 0.2) is 29.9 Å². The highest BCUT2D eigenvalue weighted by Gasteiger charge is 2.37. The van der Waals surface area contributed by atoms with Crippen LogP contribution in [0.4, 0.5) is 0 Å². The number of hydrogen-bond acceptors (Lipinski definition) is 5. The highest BCUT2D eigenvalue weighted by molar-refractivity contribution is 6.03. The molecule has 4 rings (SSSR count). The molecule has 132 valence electrons. The van der Waals surface area contributed by atoms with Gasteiger partial charge in [0.1, 0.15) is 0 Å². The predicted octanol–water partition coefficient (Wildman–Crippen LogP) is 1.40. The molecule has 2 unspecified atom stereocenters. The Labute approximate surface area is 146 Å². The molecule has 2 aromatic rings. The van der Waals surface area contributed by atoms with Gasteiger partial charge in [-0.05, 0) is 19.3 Å². The minimum atomic E-state index is -0.549. The van der Waals surface area contributed by atoms with Gasteiger partial charge in [-0.3, -0.25) is 14.2 Å². The number of rotatable bonds is 3. The molecule has 0 N–H and O–H groups in total. The molecule has 1 amide bonds. The molecule has 2 aliphatic rings. The van der Waals surface area contributed by atoms with E-state index in [-0.39, 0.29) is 11.9 Å². The minimum Gasteiger partial charge on any atom is -0.382 e. The fourth-order valence-corrected chi connectivity index (χ4v) is 3.59. The summed E-state index contributed by atoms with van der Waals surface area (Å²) in [6.07, 6.45) is 10.5. The van der Waals surface area contributed by atoms with Crippen molar-refractivity contribution < 1.29 is 9.63 Å². The lowest BCUT2D eigenvalue weighted by atomic mass is 9.96. The van der Waals surface area contributed by atoms with E-state index in [0.717, 1.165) is 42.6 Å². The van der Waals surface area contributed by atoms with Crippen molar-refractivity contribution in [2.24, 2.45) is 19.3 Å². The summed E-state index contributed by atoms with van der Waals surface area (Å²) in [6, 6.07) is 0.0704. The van der Waals surface area contributed by atoms with Crippen LogP contribution in [0.2, 0.25) is 0 Å². The fourth-order valence-electron chi connectivity index (χ4n) is 3.59. The Morgan fingerprint density at radius 2 is 1.96 bits per heavy atom. The first kappa shape index (κ1) is 15.9. The van der Waals surface area contributed by atoms with E-state index < -0.39 is 6.10 Å². The van der Waals surface area contributed by atoms with Gasteiger partial charge in [0.25, 0.3) is 5.91 Å². The fraction of sp³-hybridized carbons (Fsp3) is 0.529. The van der Waals surface area contributed by atoms with Crippen molar-refractivity contribution in [3.63, 3.8) is 0 Å². The molecule has 25 heavy (non-hydrogen) atoms. The minimum absolute atomic E-state index is 0.0104. The van der Waals surface area contributed by atoms with E-state index in [0.29, 0.717) is 6.42 Å². The number of amides is 1. The summed E-state index contributed by atoms with van der Waals surface area (Å²) in [5.74, 6) is 0.0104. The van der Waals surface area contributed by atoms with E-state index in [4.69, 9.17) is 4.84 Å². The highest BCUT2D eigenvalue weighted by Crippen LogP contribution is 2.32. The van der Waals surface area contributed by atoms with Crippen LogP contribution in [-0.2, 0) is 23.7 Å². The Morgan fingerprint density at radius 3 is 2.68 bits per heavy atom. The first-order valence-corrected chi connectivity index (χ1v) is 8.62. The van der Waals surface area contributed by atoms with Gasteiger partial charge in [-0.25, -0.2) is 0 Å². The number of aromatic nitrogens is 4. The van der Waals surface area contributed by atoms with Crippen LogP contribution >= 0.6 is 0 Å². The molecule has 0 radical (unpaired) electrons. The second-order valence-electron chi connectivity index (χ2n) is 6.73. The van der Waals surface area contributed by atoms with Crippen LogP contribution in [0.5, 0.6) is 0 Å². The zero-order chi connectivity index (χ0) is 17.4. The quantitative estimate of drug-likeness (QED) is 0.845. The standard InChI is InChI=1S/C17H22N6O2/c1-21-10-12(8-18-21)14-7-16(25-20-14)17(24)23-6-4-3-5-15(23)13-9-19-22(2)11-13/h8-11,15-16H,3-7H2,1-2H3. The number of aryl methyl sites for hydroxylation is 2. The van der Waals surface area contributed by atoms with Gasteiger partial charge in [0, 0.05) is 50.6 Å². The Hall–Kier alpha value is -2.64. The number of carbonyl (C=O) groups excluding carboxylic acids is 1. The third-order valence-electron chi connectivity index (χ3n) is 4.88. The second kappa shape index (κ2) is 6.34. The lowest BCUT2D eigenvalue weighted by molar-refractivity contribution is -0.146. The van der Waals surface area contributed by atoms with Crippen molar-refractivity contribution in [3.05, 3.63) is 35.9 Å². The number of likely N-dealkylation sites (tertiary alicyclic amines) is 1. The summed E-state index contributed by atoms with van der Waals surface area (Å²) in [4.78, 5) is 20.5. The van der Waals surface area contributed by atoms with E-state index in [1.807, 2.05) is 37.6 Å². The average molecular weight is 342 g/mol. The molecule has 2 atom stereocenters. The molecule has 4 heterocycles. The summed E-state index contributed by atoms with van der Waals surface area (Å²) in [6.45, 7) is 0.750. The molecule has 8 nitrogen and oxygen atoms in total. The van der Waals surface area contributed by atoms with Crippen molar-refractivity contribution in [3.8, 4) is 0 Å². The molecule has 0 aliphatic carbocycles. The Balaban J connectivity index is 1.48. The summed E-state index contributed by atoms with van der Waals surface area (Å²) in [5.41, 5.74) is 2.77. The third kappa shape index (κ3) is 3.04. The number of oxime groups is 1. The van der Waals surface area contributed by atoms with Crippen LogP contribution in [-0.4, -0.2) is 48.7 Å². The van der Waals surface area contributed by atoms with Gasteiger partial charge in [-0.15, -0.1) is 0 Å². The van der Waals surface area contributed by atoms with Crippen LogP contribution < -0.4 is 0 Å². The van der Waals surface area contributed by atoms with E-state index in [1.165, 1.54) is 0 Å². The molecule has 0 aromatic carbocycles. The van der Waals surface area contributed by atoms with Gasteiger partial charge < -0.3 is 9.74 Å².